The summed E-state index contributed by atoms with van der Waals surface area (Å²) in [5.74, 6) is 1.17. The first-order chi connectivity index (χ1) is 8.14. The molecule has 6 heteroatoms. The maximum atomic E-state index is 5.43. The van der Waals surface area contributed by atoms with Crippen LogP contribution in [0.3, 0.4) is 0 Å². The number of hydrogen-bond acceptors (Lipinski definition) is 4. The molecular weight excluding hydrogens is 280 g/mol. The zero-order chi connectivity index (χ0) is 14.4. The van der Waals surface area contributed by atoms with Crippen molar-refractivity contribution in [2.24, 2.45) is 0 Å². The average molecular weight is 311 g/mol. The van der Waals surface area contributed by atoms with Gasteiger partial charge in [-0.1, -0.05) is 33.9 Å². The minimum absolute atomic E-state index is 0.440. The first-order valence-corrected chi connectivity index (χ1v) is 13.1. The van der Waals surface area contributed by atoms with Crippen molar-refractivity contribution in [3.63, 3.8) is 0 Å². The summed E-state index contributed by atoms with van der Waals surface area (Å²) in [5, 5.41) is 0.440. The van der Waals surface area contributed by atoms with Crippen LogP contribution in [0.5, 0.6) is 0 Å². The van der Waals surface area contributed by atoms with Gasteiger partial charge in [0.05, 0.1) is 0 Å². The van der Waals surface area contributed by atoms with Gasteiger partial charge in [0.15, 0.2) is 0 Å². The second kappa shape index (κ2) is 7.45. The van der Waals surface area contributed by atoms with Gasteiger partial charge in [0.25, 0.3) is 0 Å². The lowest BCUT2D eigenvalue weighted by molar-refractivity contribution is 0.123. The van der Waals surface area contributed by atoms with Crippen LogP contribution in [0, 0.1) is 0 Å². The van der Waals surface area contributed by atoms with Crippen molar-refractivity contribution in [3.8, 4) is 0 Å². The molecule has 0 aromatic rings. The zero-order valence-corrected chi connectivity index (χ0v) is 16.1. The van der Waals surface area contributed by atoms with Gasteiger partial charge in [0.1, 0.15) is 7.22 Å². The van der Waals surface area contributed by atoms with Crippen LogP contribution in [-0.4, -0.2) is 43.1 Å². The number of rotatable bonds is 8. The van der Waals surface area contributed by atoms with E-state index in [1.54, 1.807) is 21.3 Å². The van der Waals surface area contributed by atoms with Crippen LogP contribution in [0.15, 0.2) is 0 Å². The highest BCUT2D eigenvalue weighted by Crippen LogP contribution is 2.43. The standard InChI is InChI=1S/C12H30O3SSi2/c1-12(2,3)17(7,8)16-10-9-11-18(13-4,14-5)15-6/h9-11H2,1-8H3. The Morgan fingerprint density at radius 3 is 1.72 bits per heavy atom. The Balaban J connectivity index is 4.14. The highest BCUT2D eigenvalue weighted by Gasteiger charge is 2.38. The normalized spacial score (nSPS) is 14.0. The van der Waals surface area contributed by atoms with E-state index in [0.29, 0.717) is 5.04 Å². The predicted molar refractivity (Wildman–Crippen MR) is 85.9 cm³/mol. The summed E-state index contributed by atoms with van der Waals surface area (Å²) >= 11 is 2.15. The minimum atomic E-state index is -2.36. The second-order valence-electron chi connectivity index (χ2n) is 6.01. The van der Waals surface area contributed by atoms with Crippen LogP contribution in [0.1, 0.15) is 27.2 Å². The van der Waals surface area contributed by atoms with Gasteiger partial charge in [-0.05, 0) is 17.2 Å². The van der Waals surface area contributed by atoms with E-state index in [1.807, 2.05) is 0 Å². The lowest BCUT2D eigenvalue weighted by atomic mass is 10.2. The predicted octanol–water partition coefficient (Wildman–Crippen LogP) is 3.99. The summed E-state index contributed by atoms with van der Waals surface area (Å²) < 4.78 is 16.3. The van der Waals surface area contributed by atoms with Crippen molar-refractivity contribution in [1.29, 1.82) is 0 Å². The monoisotopic (exact) mass is 310 g/mol. The first kappa shape index (κ1) is 18.7. The molecule has 0 unspecified atom stereocenters. The Labute approximate surface area is 119 Å². The second-order valence-corrected chi connectivity index (χ2v) is 18.2. The van der Waals surface area contributed by atoms with Gasteiger partial charge in [-0.3, -0.25) is 0 Å². The average Bonchev–Trinajstić information content (AvgIpc) is 2.29. The van der Waals surface area contributed by atoms with E-state index in [1.165, 1.54) is 5.75 Å². The van der Waals surface area contributed by atoms with E-state index >= 15 is 0 Å². The Hall–Kier alpha value is 0.664. The molecule has 18 heavy (non-hydrogen) atoms. The van der Waals surface area contributed by atoms with Gasteiger partial charge in [-0.2, -0.15) is 11.2 Å². The Kier molecular flexibility index (Phi) is 7.72. The molecular formula is C12H30O3SSi2. The largest absolute Gasteiger partial charge is 0.500 e. The lowest BCUT2D eigenvalue weighted by Gasteiger charge is -2.36. The molecule has 0 saturated heterocycles. The van der Waals surface area contributed by atoms with E-state index in [4.69, 9.17) is 13.3 Å². The molecule has 0 fully saturated rings. The Bertz CT molecular complexity index is 226. The van der Waals surface area contributed by atoms with Crippen LogP contribution in [0.25, 0.3) is 0 Å². The van der Waals surface area contributed by atoms with Crippen molar-refractivity contribution < 1.29 is 13.3 Å². The summed E-state index contributed by atoms with van der Waals surface area (Å²) in [6.07, 6.45) is 1.10. The van der Waals surface area contributed by atoms with Crippen LogP contribution in [0.4, 0.5) is 0 Å². The summed E-state index contributed by atoms with van der Waals surface area (Å²) in [4.78, 5) is 0. The van der Waals surface area contributed by atoms with Gasteiger partial charge in [-0.25, -0.2) is 0 Å². The molecule has 0 aliphatic rings. The van der Waals surface area contributed by atoms with Crippen LogP contribution < -0.4 is 0 Å². The summed E-state index contributed by atoms with van der Waals surface area (Å²) in [6, 6.07) is 0.901. The van der Waals surface area contributed by atoms with E-state index in [2.05, 4.69) is 45.1 Å². The SMILES string of the molecule is CO[Si](CCCS[Si](C)(C)C(C)(C)C)(OC)OC. The molecule has 0 bridgehead atoms. The van der Waals surface area contributed by atoms with Crippen molar-refractivity contribution in [2.75, 3.05) is 27.1 Å². The molecule has 0 N–H and O–H groups in total. The van der Waals surface area contributed by atoms with Crippen LogP contribution in [0.2, 0.25) is 24.2 Å². The highest BCUT2D eigenvalue weighted by molar-refractivity contribution is 8.29. The van der Waals surface area contributed by atoms with Gasteiger partial charge in [-0.15, -0.1) is 0 Å². The minimum Gasteiger partial charge on any atom is -0.377 e. The molecule has 0 atom stereocenters. The van der Waals surface area contributed by atoms with Gasteiger partial charge < -0.3 is 13.3 Å². The van der Waals surface area contributed by atoms with E-state index in [9.17, 15) is 0 Å². The zero-order valence-electron chi connectivity index (χ0n) is 13.3. The Morgan fingerprint density at radius 1 is 0.944 bits per heavy atom. The van der Waals surface area contributed by atoms with Crippen molar-refractivity contribution in [1.82, 2.24) is 0 Å². The van der Waals surface area contributed by atoms with Crippen molar-refractivity contribution in [3.05, 3.63) is 0 Å². The summed E-state index contributed by atoms with van der Waals surface area (Å²) in [6.45, 7) is 12.0. The topological polar surface area (TPSA) is 27.7 Å². The molecule has 0 aliphatic carbocycles. The third kappa shape index (κ3) is 5.34. The van der Waals surface area contributed by atoms with Gasteiger partial charge >= 0.3 is 8.80 Å². The lowest BCUT2D eigenvalue weighted by Crippen LogP contribution is -2.42. The van der Waals surface area contributed by atoms with E-state index in [0.717, 1.165) is 12.5 Å². The third-order valence-electron chi connectivity index (χ3n) is 3.83. The fraction of sp³-hybridized carbons (Fsp3) is 1.00. The number of hydrogen-bond donors (Lipinski definition) is 0. The molecule has 0 aromatic heterocycles. The van der Waals surface area contributed by atoms with Gasteiger partial charge in [0.2, 0.25) is 0 Å². The maximum Gasteiger partial charge on any atom is 0.500 e. The molecule has 3 nitrogen and oxygen atoms in total. The quantitative estimate of drug-likeness (QED) is 0.500. The van der Waals surface area contributed by atoms with Gasteiger partial charge in [0, 0.05) is 27.4 Å². The van der Waals surface area contributed by atoms with Crippen LogP contribution >= 0.6 is 11.2 Å². The smallest absolute Gasteiger partial charge is 0.377 e. The van der Waals surface area contributed by atoms with E-state index in [-0.39, 0.29) is 0 Å². The fourth-order valence-corrected chi connectivity index (χ4v) is 7.86. The first-order valence-electron chi connectivity index (χ1n) is 6.43. The molecule has 0 saturated carbocycles. The molecule has 0 heterocycles. The highest BCUT2D eigenvalue weighted by atomic mass is 32.4. The maximum absolute atomic E-state index is 5.43. The third-order valence-corrected chi connectivity index (χ3v) is 16.1. The molecule has 0 amide bonds. The van der Waals surface area contributed by atoms with Crippen LogP contribution in [-0.2, 0) is 13.3 Å². The summed E-state index contributed by atoms with van der Waals surface area (Å²) in [7, 11) is 1.46. The molecule has 0 aromatic carbocycles. The molecule has 0 rings (SSSR count). The Morgan fingerprint density at radius 2 is 1.39 bits per heavy atom. The molecule has 110 valence electrons. The molecule has 0 spiro atoms. The van der Waals surface area contributed by atoms with Crippen molar-refractivity contribution in [2.45, 2.75) is 51.4 Å². The summed E-state index contributed by atoms with van der Waals surface area (Å²) in [5.41, 5.74) is 0. The molecule has 0 radical (unpaired) electrons. The molecule has 0 aliphatic heterocycles. The fourth-order valence-electron chi connectivity index (χ4n) is 1.39. The van der Waals surface area contributed by atoms with E-state index < -0.39 is 16.0 Å². The van der Waals surface area contributed by atoms with Crippen molar-refractivity contribution >= 4 is 27.2 Å².